The summed E-state index contributed by atoms with van der Waals surface area (Å²) in [7, 11) is -4.06. The summed E-state index contributed by atoms with van der Waals surface area (Å²) in [5.41, 5.74) is 10.5. The van der Waals surface area contributed by atoms with Crippen LogP contribution in [-0.4, -0.2) is 48.8 Å². The minimum atomic E-state index is -1.35. The van der Waals surface area contributed by atoms with Gasteiger partial charge in [0.2, 0.25) is 0 Å². The highest BCUT2D eigenvalue weighted by Crippen LogP contribution is 2.21. The summed E-state index contributed by atoms with van der Waals surface area (Å²) in [5.74, 6) is 10.3. The molecule has 212 valence electrons. The number of thiophene rings is 3. The molecule has 0 bridgehead atoms. The first-order valence-corrected chi connectivity index (χ1v) is 27.2. The zero-order valence-corrected chi connectivity index (χ0v) is 31.3. The van der Waals surface area contributed by atoms with E-state index in [1.807, 2.05) is 34.0 Å². The van der Waals surface area contributed by atoms with Crippen molar-refractivity contribution >= 4 is 58.2 Å². The molecule has 0 radical (unpaired) electrons. The van der Waals surface area contributed by atoms with Crippen LogP contribution in [-0.2, 0) is 19.3 Å². The molecule has 7 heteroatoms. The molecule has 0 unspecified atom stereocenters. The van der Waals surface area contributed by atoms with Crippen LogP contribution in [0.3, 0.4) is 0 Å². The number of rotatable bonds is 9. The molecule has 1 nitrogen and oxygen atoms in total. The standard InChI is InChI=1S/C33H45NS3Si3/c1-38(2,3)25-19-31-13-10-28(35-31)16-22-34(23-17-29-11-14-32(36-29)20-26-39(4,5)6)24-18-30-12-15-33(37-30)21-27-40(7,8)9/h10-15H,16-18,22-24H2,1-9H3. The van der Waals surface area contributed by atoms with E-state index in [0.717, 1.165) is 38.9 Å². The Labute approximate surface area is 259 Å². The van der Waals surface area contributed by atoms with Gasteiger partial charge >= 0.3 is 0 Å². The summed E-state index contributed by atoms with van der Waals surface area (Å²) in [6, 6.07) is 13.5. The minimum Gasteiger partial charge on any atom is -0.302 e. The molecule has 0 spiro atoms. The maximum absolute atomic E-state index is 3.51. The Hall–Kier alpha value is -1.61. The lowest BCUT2D eigenvalue weighted by atomic mass is 10.2. The first-order valence-electron chi connectivity index (χ1n) is 14.2. The quantitative estimate of drug-likeness (QED) is 0.168. The van der Waals surface area contributed by atoms with Gasteiger partial charge in [0.05, 0.1) is 14.6 Å². The molecule has 0 aliphatic carbocycles. The molecular weight excluding hydrogens is 591 g/mol. The van der Waals surface area contributed by atoms with Gasteiger partial charge in [0.25, 0.3) is 0 Å². The van der Waals surface area contributed by atoms with Gasteiger partial charge < -0.3 is 4.90 Å². The minimum absolute atomic E-state index is 1.07. The highest BCUT2D eigenvalue weighted by atomic mass is 32.1. The topological polar surface area (TPSA) is 3.24 Å². The fraction of sp³-hybridized carbons (Fsp3) is 0.455. The molecule has 0 fully saturated rings. The van der Waals surface area contributed by atoms with Crippen LogP contribution in [0.25, 0.3) is 0 Å². The molecule has 0 N–H and O–H groups in total. The van der Waals surface area contributed by atoms with Crippen LogP contribution in [0.5, 0.6) is 0 Å². The zero-order valence-electron chi connectivity index (χ0n) is 25.9. The third-order valence-electron chi connectivity index (χ3n) is 5.69. The smallest absolute Gasteiger partial charge is 0.129 e. The van der Waals surface area contributed by atoms with Crippen LogP contribution in [0.2, 0.25) is 58.9 Å². The van der Waals surface area contributed by atoms with Crippen molar-refractivity contribution in [3.8, 4) is 34.4 Å². The van der Waals surface area contributed by atoms with Gasteiger partial charge in [0.15, 0.2) is 0 Å². The summed E-state index contributed by atoms with van der Waals surface area (Å²) < 4.78 is 0. The van der Waals surface area contributed by atoms with Crippen molar-refractivity contribution in [3.63, 3.8) is 0 Å². The predicted octanol–water partition coefficient (Wildman–Crippen LogP) is 8.89. The fourth-order valence-electron chi connectivity index (χ4n) is 3.63. The second-order valence-corrected chi connectivity index (χ2v) is 31.1. The van der Waals surface area contributed by atoms with E-state index in [4.69, 9.17) is 0 Å². The Morgan fingerprint density at radius 3 is 1.00 bits per heavy atom. The van der Waals surface area contributed by atoms with Crippen LogP contribution in [0.15, 0.2) is 36.4 Å². The maximum Gasteiger partial charge on any atom is 0.129 e. The van der Waals surface area contributed by atoms with Crippen LogP contribution in [0.1, 0.15) is 29.3 Å². The molecule has 0 aliphatic heterocycles. The van der Waals surface area contributed by atoms with Crippen molar-refractivity contribution < 1.29 is 0 Å². The van der Waals surface area contributed by atoms with E-state index in [0.29, 0.717) is 0 Å². The van der Waals surface area contributed by atoms with Crippen molar-refractivity contribution in [1.29, 1.82) is 0 Å². The van der Waals surface area contributed by atoms with Gasteiger partial charge in [-0.2, -0.15) is 0 Å². The van der Waals surface area contributed by atoms with E-state index >= 15 is 0 Å². The van der Waals surface area contributed by atoms with E-state index < -0.39 is 24.2 Å². The zero-order chi connectivity index (χ0) is 29.4. The summed E-state index contributed by atoms with van der Waals surface area (Å²) in [5, 5.41) is 0. The molecule has 3 aromatic rings. The Balaban J connectivity index is 1.65. The van der Waals surface area contributed by atoms with Gasteiger partial charge in [-0.15, -0.1) is 50.6 Å². The Morgan fingerprint density at radius 1 is 0.475 bits per heavy atom. The number of nitrogens with zero attached hydrogens (tertiary/aromatic N) is 1. The number of hydrogen-bond acceptors (Lipinski definition) is 4. The van der Waals surface area contributed by atoms with Crippen molar-refractivity contribution in [2.75, 3.05) is 19.6 Å². The van der Waals surface area contributed by atoms with Gasteiger partial charge in [-0.25, -0.2) is 0 Å². The highest BCUT2D eigenvalue weighted by molar-refractivity contribution is 7.13. The van der Waals surface area contributed by atoms with Crippen molar-refractivity contribution in [1.82, 2.24) is 4.90 Å². The first kappa shape index (κ1) is 32.9. The second-order valence-electron chi connectivity index (χ2n) is 13.4. The lowest BCUT2D eigenvalue weighted by Gasteiger charge is -2.21. The highest BCUT2D eigenvalue weighted by Gasteiger charge is 2.12. The average molecular weight is 636 g/mol. The van der Waals surface area contributed by atoms with Crippen molar-refractivity contribution in [2.45, 2.75) is 78.2 Å². The van der Waals surface area contributed by atoms with Crippen LogP contribution in [0.4, 0.5) is 0 Å². The summed E-state index contributed by atoms with van der Waals surface area (Å²) in [4.78, 5) is 10.6. The van der Waals surface area contributed by atoms with E-state index in [9.17, 15) is 0 Å². The Morgan fingerprint density at radius 2 is 0.750 bits per heavy atom. The number of hydrogen-bond donors (Lipinski definition) is 0. The predicted molar refractivity (Wildman–Crippen MR) is 191 cm³/mol. The molecule has 0 saturated carbocycles. The largest absolute Gasteiger partial charge is 0.302 e. The van der Waals surface area contributed by atoms with Gasteiger partial charge in [0.1, 0.15) is 24.2 Å². The van der Waals surface area contributed by atoms with E-state index in [1.165, 1.54) is 29.3 Å². The third kappa shape index (κ3) is 13.4. The van der Waals surface area contributed by atoms with Crippen LogP contribution in [0, 0.1) is 34.4 Å². The first-order chi connectivity index (χ1) is 18.6. The van der Waals surface area contributed by atoms with Gasteiger partial charge in [-0.3, -0.25) is 0 Å². The molecule has 0 aromatic carbocycles. The molecule has 3 aromatic heterocycles. The molecule has 3 rings (SSSR count). The average Bonchev–Trinajstić information content (AvgIpc) is 3.59. The van der Waals surface area contributed by atoms with Crippen LogP contribution < -0.4 is 0 Å². The van der Waals surface area contributed by atoms with Gasteiger partial charge in [0, 0.05) is 34.3 Å². The molecule has 0 aliphatic rings. The summed E-state index contributed by atoms with van der Waals surface area (Å²) in [6.07, 6.45) is 3.23. The molecule has 0 saturated heterocycles. The van der Waals surface area contributed by atoms with E-state index in [-0.39, 0.29) is 0 Å². The lowest BCUT2D eigenvalue weighted by molar-refractivity contribution is 0.286. The van der Waals surface area contributed by atoms with Gasteiger partial charge in [-0.05, 0) is 55.7 Å². The second kappa shape index (κ2) is 14.5. The normalized spacial score (nSPS) is 11.8. The van der Waals surface area contributed by atoms with E-state index in [1.54, 1.807) is 0 Å². The molecule has 0 atom stereocenters. The Kier molecular flexibility index (Phi) is 11.9. The van der Waals surface area contributed by atoms with Crippen molar-refractivity contribution in [3.05, 3.63) is 65.7 Å². The molecular formula is C33H45NS3Si3. The summed E-state index contributed by atoms with van der Waals surface area (Å²) >= 11 is 5.60. The Bertz CT molecular complexity index is 1260. The lowest BCUT2D eigenvalue weighted by Crippen LogP contribution is -2.30. The van der Waals surface area contributed by atoms with E-state index in [2.05, 4.69) is 135 Å². The SMILES string of the molecule is C[Si](C)(C)C#Cc1ccc(CCN(CCc2ccc(C#C[Si](C)(C)C)s2)CCc2ccc(C#C[Si](C)(C)C)s2)s1. The monoisotopic (exact) mass is 635 g/mol. The third-order valence-corrected chi connectivity index (χ3v) is 11.5. The molecule has 3 heterocycles. The van der Waals surface area contributed by atoms with Gasteiger partial charge in [-0.1, -0.05) is 76.7 Å². The van der Waals surface area contributed by atoms with Crippen LogP contribution >= 0.6 is 34.0 Å². The van der Waals surface area contributed by atoms with Crippen molar-refractivity contribution in [2.24, 2.45) is 0 Å². The maximum atomic E-state index is 3.51. The molecule has 40 heavy (non-hydrogen) atoms. The fourth-order valence-corrected chi connectivity index (χ4v) is 7.98. The molecule has 0 amide bonds. The summed E-state index contributed by atoms with van der Waals surface area (Å²) in [6.45, 7) is 23.9.